The fraction of sp³-hybridized carbons (Fsp3) is 0.333. The summed E-state index contributed by atoms with van der Waals surface area (Å²) in [5.41, 5.74) is 2.54. The van der Waals surface area contributed by atoms with Crippen LogP contribution in [0.1, 0.15) is 0 Å². The minimum absolute atomic E-state index is 0.712. The predicted molar refractivity (Wildman–Crippen MR) is 33.5 cm³/mol. The van der Waals surface area contributed by atoms with Crippen LogP contribution in [0.25, 0.3) is 0 Å². The second kappa shape index (κ2) is 4.51. The molecule has 0 aromatic carbocycles. The van der Waals surface area contributed by atoms with E-state index in [1.807, 2.05) is 0 Å². The van der Waals surface area contributed by atoms with E-state index in [0.717, 1.165) is 4.05 Å². The van der Waals surface area contributed by atoms with Crippen LogP contribution in [-0.4, -0.2) is 13.6 Å². The molecule has 0 fully saturated rings. The van der Waals surface area contributed by atoms with Crippen molar-refractivity contribution in [3.8, 4) is 12.0 Å². The molecule has 0 rings (SSSR count). The van der Waals surface area contributed by atoms with Gasteiger partial charge in [-0.2, -0.15) is 0 Å². The van der Waals surface area contributed by atoms with Gasteiger partial charge in [-0.25, -0.2) is 0 Å². The lowest BCUT2D eigenvalue weighted by Gasteiger charge is -1.63. The van der Waals surface area contributed by atoms with Gasteiger partial charge >= 0.3 is 0 Å². The fourth-order valence-electron chi connectivity index (χ4n) is 0.0386. The van der Waals surface area contributed by atoms with Gasteiger partial charge in [-0.05, 0) is 0 Å². The average Bonchev–Trinajstić information content (AvgIpc) is 1.41. The number of halogens is 1. The Morgan fingerprint density at radius 3 is 2.60 bits per heavy atom. The molecule has 0 amide bonds. The highest BCUT2D eigenvalue weighted by molar-refractivity contribution is 14.1. The molecule has 2 radical (unpaired) electrons. The van der Waals surface area contributed by atoms with Crippen molar-refractivity contribution < 1.29 is 0 Å². The van der Waals surface area contributed by atoms with Crippen molar-refractivity contribution in [2.75, 3.05) is 4.05 Å². The lowest BCUT2D eigenvalue weighted by atomic mass is 11.4. The van der Waals surface area contributed by atoms with Gasteiger partial charge in [0.2, 0.25) is 0 Å². The van der Waals surface area contributed by atoms with E-state index in [-0.39, 0.29) is 0 Å². The van der Waals surface area contributed by atoms with Gasteiger partial charge < -0.3 is 0 Å². The van der Waals surface area contributed by atoms with Gasteiger partial charge in [-0.15, -0.1) is 12.0 Å². The SMILES string of the molecule is C#C[Si]CI. The summed E-state index contributed by atoms with van der Waals surface area (Å²) >= 11 is 2.26. The molecule has 0 aromatic heterocycles. The molecule has 0 saturated carbocycles. The van der Waals surface area contributed by atoms with Gasteiger partial charge in [0.25, 0.3) is 0 Å². The topological polar surface area (TPSA) is 0 Å². The van der Waals surface area contributed by atoms with Crippen LogP contribution < -0.4 is 0 Å². The third kappa shape index (κ3) is 4.51. The minimum atomic E-state index is 0.712. The van der Waals surface area contributed by atoms with E-state index in [2.05, 4.69) is 28.1 Å². The molecule has 0 aliphatic rings. The van der Waals surface area contributed by atoms with Crippen molar-refractivity contribution in [2.45, 2.75) is 0 Å². The summed E-state index contributed by atoms with van der Waals surface area (Å²) in [4.78, 5) is 0. The van der Waals surface area contributed by atoms with Crippen molar-refractivity contribution in [3.05, 3.63) is 0 Å². The number of terminal acetylenes is 1. The molecular weight excluding hydrogens is 191 g/mol. The van der Waals surface area contributed by atoms with Gasteiger partial charge in [0.05, 0.1) is 0 Å². The summed E-state index contributed by atoms with van der Waals surface area (Å²) in [7, 11) is 0.712. The summed E-state index contributed by atoms with van der Waals surface area (Å²) in [6.07, 6.45) is 4.90. The van der Waals surface area contributed by atoms with E-state index in [4.69, 9.17) is 6.42 Å². The summed E-state index contributed by atoms with van der Waals surface area (Å²) in [5.74, 6) is 0. The number of alkyl halides is 1. The van der Waals surface area contributed by atoms with E-state index in [1.54, 1.807) is 0 Å². The smallest absolute Gasteiger partial charge is 0.138 e. The molecule has 0 bridgehead atoms. The van der Waals surface area contributed by atoms with Crippen LogP contribution in [0, 0.1) is 12.0 Å². The van der Waals surface area contributed by atoms with E-state index >= 15 is 0 Å². The normalized spacial score (nSPS) is 6.40. The van der Waals surface area contributed by atoms with Crippen LogP contribution in [0.5, 0.6) is 0 Å². The molecule has 0 aliphatic carbocycles. The molecule has 26 valence electrons. The molecule has 2 heteroatoms. The number of hydrogen-bond acceptors (Lipinski definition) is 0. The Labute approximate surface area is 48.3 Å². The summed E-state index contributed by atoms with van der Waals surface area (Å²) < 4.78 is 1.11. The zero-order valence-corrected chi connectivity index (χ0v) is 5.82. The van der Waals surface area contributed by atoms with Gasteiger partial charge in [0.1, 0.15) is 0 Å². The molecule has 0 atom stereocenters. The lowest BCUT2D eigenvalue weighted by Crippen LogP contribution is -1.81. The third-order valence-electron chi connectivity index (χ3n) is 0.169. The number of rotatable bonds is 1. The van der Waals surface area contributed by atoms with E-state index < -0.39 is 0 Å². The Bertz CT molecular complexity index is 45.3. The molecule has 0 heterocycles. The van der Waals surface area contributed by atoms with E-state index in [0.29, 0.717) is 9.52 Å². The molecule has 0 aliphatic heterocycles. The van der Waals surface area contributed by atoms with E-state index in [9.17, 15) is 0 Å². The first-order valence-electron chi connectivity index (χ1n) is 1.16. The zero-order valence-electron chi connectivity index (χ0n) is 2.66. The highest BCUT2D eigenvalue weighted by Gasteiger charge is 1.68. The highest BCUT2D eigenvalue weighted by atomic mass is 127. The zero-order chi connectivity index (χ0) is 4.12. The Hall–Kier alpha value is 0.507. The minimum Gasteiger partial charge on any atom is -0.138 e. The maximum atomic E-state index is 4.90. The Morgan fingerprint density at radius 2 is 2.60 bits per heavy atom. The monoisotopic (exact) mass is 194 g/mol. The largest absolute Gasteiger partial charge is 0.158 e. The van der Waals surface area contributed by atoms with Crippen LogP contribution in [-0.2, 0) is 0 Å². The maximum absolute atomic E-state index is 4.90. The van der Waals surface area contributed by atoms with Crippen LogP contribution in [0.4, 0.5) is 0 Å². The van der Waals surface area contributed by atoms with Gasteiger partial charge in [0.15, 0.2) is 9.52 Å². The van der Waals surface area contributed by atoms with Gasteiger partial charge in [0, 0.05) is 4.05 Å². The van der Waals surface area contributed by atoms with Crippen LogP contribution in [0.15, 0.2) is 0 Å². The third-order valence-corrected chi connectivity index (χ3v) is 1.65. The van der Waals surface area contributed by atoms with Crippen LogP contribution in [0.2, 0.25) is 0 Å². The standard InChI is InChI=1S/C3H3ISi/c1-2-5-3-4/h1H,3H2. The highest BCUT2D eigenvalue weighted by Crippen LogP contribution is 1.71. The number of hydrogen-bond donors (Lipinski definition) is 0. The van der Waals surface area contributed by atoms with Crippen molar-refractivity contribution in [2.24, 2.45) is 0 Å². The summed E-state index contributed by atoms with van der Waals surface area (Å²) in [6.45, 7) is 0. The van der Waals surface area contributed by atoms with Crippen LogP contribution >= 0.6 is 22.6 Å². The summed E-state index contributed by atoms with van der Waals surface area (Å²) in [6, 6.07) is 0. The molecule has 5 heavy (non-hydrogen) atoms. The van der Waals surface area contributed by atoms with Crippen LogP contribution in [0.3, 0.4) is 0 Å². The Morgan fingerprint density at radius 1 is 2.00 bits per heavy atom. The Kier molecular flexibility index (Phi) is 4.96. The average molecular weight is 194 g/mol. The van der Waals surface area contributed by atoms with Crippen molar-refractivity contribution in [3.63, 3.8) is 0 Å². The van der Waals surface area contributed by atoms with Crippen molar-refractivity contribution in [1.29, 1.82) is 0 Å². The van der Waals surface area contributed by atoms with E-state index in [1.165, 1.54) is 0 Å². The second-order valence-corrected chi connectivity index (χ2v) is 3.65. The predicted octanol–water partition coefficient (Wildman–Crippen LogP) is 0.674. The molecule has 0 N–H and O–H groups in total. The lowest BCUT2D eigenvalue weighted by molar-refractivity contribution is 2.30. The maximum Gasteiger partial charge on any atom is 0.158 e. The first-order chi connectivity index (χ1) is 2.41. The molecule has 0 spiro atoms. The van der Waals surface area contributed by atoms with Gasteiger partial charge in [-0.1, -0.05) is 22.6 Å². The quantitative estimate of drug-likeness (QED) is 0.249. The molecule has 0 unspecified atom stereocenters. The van der Waals surface area contributed by atoms with Crippen molar-refractivity contribution in [1.82, 2.24) is 0 Å². The molecular formula is C3H3ISi. The van der Waals surface area contributed by atoms with Gasteiger partial charge in [-0.3, -0.25) is 0 Å². The van der Waals surface area contributed by atoms with Crippen molar-refractivity contribution >= 4 is 32.1 Å². The first-order valence-corrected chi connectivity index (χ1v) is 3.89. The second-order valence-electron chi connectivity index (χ2n) is 0.455. The molecule has 0 aromatic rings. The Balaban J connectivity index is 2.48. The first kappa shape index (κ1) is 5.51. The summed E-state index contributed by atoms with van der Waals surface area (Å²) in [5, 5.41) is 0. The molecule has 0 saturated heterocycles. The fourth-order valence-corrected chi connectivity index (χ4v) is 0.776. The molecule has 0 nitrogen and oxygen atoms in total.